The molecule has 0 atom stereocenters. The Morgan fingerprint density at radius 3 is 2.75 bits per heavy atom. The van der Waals surface area contributed by atoms with Gasteiger partial charge in [-0.15, -0.1) is 0 Å². The predicted octanol–water partition coefficient (Wildman–Crippen LogP) is 2.86. The molecule has 0 N–H and O–H groups in total. The molecular weight excluding hydrogens is 286 g/mol. The van der Waals surface area contributed by atoms with E-state index in [-0.39, 0.29) is 0 Å². The molecule has 90 valence electrons. The Morgan fingerprint density at radius 1 is 1.38 bits per heavy atom. The monoisotopic (exact) mass is 303 g/mol. The minimum Gasteiger partial charge on any atom is -0.496 e. The molecule has 0 aliphatic rings. The summed E-state index contributed by atoms with van der Waals surface area (Å²) < 4.78 is 6.44. The van der Waals surface area contributed by atoms with E-state index in [9.17, 15) is 0 Å². The standard InChI is InChI=1S/C12H18BrNOS/c1-14(7-8-16)6-5-10-9-11(13)3-4-12(10)15-2/h3-4,9,16H,5-8H2,1-2H3. The summed E-state index contributed by atoms with van der Waals surface area (Å²) in [7, 11) is 3.82. The molecule has 0 aromatic heterocycles. The third-order valence-corrected chi connectivity index (χ3v) is 3.18. The lowest BCUT2D eigenvalue weighted by atomic mass is 10.1. The zero-order valence-electron chi connectivity index (χ0n) is 9.74. The molecular formula is C12H18BrNOS. The minimum atomic E-state index is 0.895. The summed E-state index contributed by atoms with van der Waals surface area (Å²) in [6.07, 6.45) is 0.993. The van der Waals surface area contributed by atoms with Gasteiger partial charge in [0.2, 0.25) is 0 Å². The van der Waals surface area contributed by atoms with E-state index in [1.165, 1.54) is 5.56 Å². The number of rotatable bonds is 6. The van der Waals surface area contributed by atoms with E-state index in [1.54, 1.807) is 7.11 Å². The molecule has 0 saturated heterocycles. The Labute approximate surface area is 112 Å². The fourth-order valence-corrected chi connectivity index (χ4v) is 2.29. The summed E-state index contributed by atoms with van der Waals surface area (Å²) >= 11 is 7.70. The molecule has 0 saturated carbocycles. The van der Waals surface area contributed by atoms with E-state index in [0.717, 1.165) is 35.5 Å². The quantitative estimate of drug-likeness (QED) is 0.811. The van der Waals surface area contributed by atoms with Crippen molar-refractivity contribution in [1.29, 1.82) is 0 Å². The highest BCUT2D eigenvalue weighted by Gasteiger charge is 2.05. The van der Waals surface area contributed by atoms with Gasteiger partial charge < -0.3 is 9.64 Å². The second-order valence-corrected chi connectivity index (χ2v) is 5.10. The zero-order valence-corrected chi connectivity index (χ0v) is 12.2. The SMILES string of the molecule is COc1ccc(Br)cc1CCN(C)CCS. The molecule has 4 heteroatoms. The molecule has 0 aliphatic heterocycles. The fourth-order valence-electron chi connectivity index (χ4n) is 1.54. The van der Waals surface area contributed by atoms with Gasteiger partial charge in [-0.05, 0) is 37.2 Å². The second kappa shape index (κ2) is 7.20. The van der Waals surface area contributed by atoms with Crippen LogP contribution in [-0.4, -0.2) is 37.9 Å². The second-order valence-electron chi connectivity index (χ2n) is 3.73. The third-order valence-electron chi connectivity index (χ3n) is 2.49. The van der Waals surface area contributed by atoms with E-state index in [2.05, 4.69) is 46.6 Å². The van der Waals surface area contributed by atoms with Gasteiger partial charge in [0.05, 0.1) is 7.11 Å². The molecule has 0 unspecified atom stereocenters. The van der Waals surface area contributed by atoms with E-state index in [0.29, 0.717) is 0 Å². The van der Waals surface area contributed by atoms with Gasteiger partial charge in [-0.25, -0.2) is 0 Å². The Bertz CT molecular complexity index is 333. The summed E-state index contributed by atoms with van der Waals surface area (Å²) in [5.74, 6) is 1.86. The first-order valence-electron chi connectivity index (χ1n) is 5.29. The average molecular weight is 304 g/mol. The molecule has 0 radical (unpaired) electrons. The first-order valence-corrected chi connectivity index (χ1v) is 6.71. The fraction of sp³-hybridized carbons (Fsp3) is 0.500. The molecule has 0 heterocycles. The van der Waals surface area contributed by atoms with Gasteiger partial charge in [-0.3, -0.25) is 0 Å². The van der Waals surface area contributed by atoms with Gasteiger partial charge in [-0.2, -0.15) is 12.6 Å². The number of benzene rings is 1. The van der Waals surface area contributed by atoms with Gasteiger partial charge in [-0.1, -0.05) is 15.9 Å². The Hall–Kier alpha value is -0.190. The number of hydrogen-bond donors (Lipinski definition) is 1. The van der Waals surface area contributed by atoms with Gasteiger partial charge in [0.15, 0.2) is 0 Å². The number of halogens is 1. The van der Waals surface area contributed by atoms with E-state index < -0.39 is 0 Å². The minimum absolute atomic E-state index is 0.895. The van der Waals surface area contributed by atoms with E-state index in [4.69, 9.17) is 4.74 Å². The molecule has 2 nitrogen and oxygen atoms in total. The Kier molecular flexibility index (Phi) is 6.24. The molecule has 1 aromatic carbocycles. The molecule has 0 aliphatic carbocycles. The molecule has 1 rings (SSSR count). The van der Waals surface area contributed by atoms with Crippen molar-refractivity contribution in [3.05, 3.63) is 28.2 Å². The number of hydrogen-bond acceptors (Lipinski definition) is 3. The molecule has 0 bridgehead atoms. The van der Waals surface area contributed by atoms with Crippen LogP contribution in [0.15, 0.2) is 22.7 Å². The average Bonchev–Trinajstić information content (AvgIpc) is 2.27. The number of methoxy groups -OCH3 is 1. The lowest BCUT2D eigenvalue weighted by molar-refractivity contribution is 0.355. The maximum Gasteiger partial charge on any atom is 0.122 e. The lowest BCUT2D eigenvalue weighted by Crippen LogP contribution is -2.23. The van der Waals surface area contributed by atoms with Crippen LogP contribution in [0.2, 0.25) is 0 Å². The summed E-state index contributed by atoms with van der Waals surface area (Å²) in [4.78, 5) is 2.27. The summed E-state index contributed by atoms with van der Waals surface area (Å²) in [6.45, 7) is 2.03. The Morgan fingerprint density at radius 2 is 2.12 bits per heavy atom. The van der Waals surface area contributed by atoms with Crippen LogP contribution in [0.1, 0.15) is 5.56 Å². The van der Waals surface area contributed by atoms with Crippen molar-refractivity contribution in [3.63, 3.8) is 0 Å². The molecule has 0 fully saturated rings. The van der Waals surface area contributed by atoms with Gasteiger partial charge in [0.25, 0.3) is 0 Å². The van der Waals surface area contributed by atoms with Crippen LogP contribution in [0, 0.1) is 0 Å². The summed E-state index contributed by atoms with van der Waals surface area (Å²) in [5.41, 5.74) is 1.24. The van der Waals surface area contributed by atoms with Crippen LogP contribution in [0.4, 0.5) is 0 Å². The summed E-state index contributed by atoms with van der Waals surface area (Å²) in [6, 6.07) is 6.12. The van der Waals surface area contributed by atoms with Crippen molar-refractivity contribution in [3.8, 4) is 5.75 Å². The first kappa shape index (κ1) is 13.9. The third kappa shape index (κ3) is 4.36. The number of thiol groups is 1. The van der Waals surface area contributed by atoms with Crippen LogP contribution >= 0.6 is 28.6 Å². The van der Waals surface area contributed by atoms with Crippen molar-refractivity contribution in [2.24, 2.45) is 0 Å². The molecule has 1 aromatic rings. The van der Waals surface area contributed by atoms with Crippen molar-refractivity contribution >= 4 is 28.6 Å². The number of likely N-dealkylation sites (N-methyl/N-ethyl adjacent to an activating group) is 1. The van der Waals surface area contributed by atoms with Crippen LogP contribution in [0.5, 0.6) is 5.75 Å². The molecule has 16 heavy (non-hydrogen) atoms. The van der Waals surface area contributed by atoms with Crippen molar-refractivity contribution in [2.75, 3.05) is 33.0 Å². The Balaban J connectivity index is 2.61. The highest BCUT2D eigenvalue weighted by atomic mass is 79.9. The van der Waals surface area contributed by atoms with Crippen molar-refractivity contribution < 1.29 is 4.74 Å². The zero-order chi connectivity index (χ0) is 12.0. The van der Waals surface area contributed by atoms with Crippen LogP contribution in [0.25, 0.3) is 0 Å². The maximum absolute atomic E-state index is 5.34. The smallest absolute Gasteiger partial charge is 0.122 e. The summed E-state index contributed by atoms with van der Waals surface area (Å²) in [5, 5.41) is 0. The van der Waals surface area contributed by atoms with Crippen LogP contribution in [0.3, 0.4) is 0 Å². The lowest BCUT2D eigenvalue weighted by Gasteiger charge is -2.16. The normalized spacial score (nSPS) is 10.8. The van der Waals surface area contributed by atoms with E-state index >= 15 is 0 Å². The van der Waals surface area contributed by atoms with E-state index in [1.807, 2.05) is 12.1 Å². The number of nitrogens with zero attached hydrogens (tertiary/aromatic N) is 1. The molecule has 0 spiro atoms. The van der Waals surface area contributed by atoms with Gasteiger partial charge in [0, 0.05) is 23.3 Å². The van der Waals surface area contributed by atoms with Crippen molar-refractivity contribution in [1.82, 2.24) is 4.90 Å². The van der Waals surface area contributed by atoms with Crippen LogP contribution < -0.4 is 4.74 Å². The highest BCUT2D eigenvalue weighted by Crippen LogP contribution is 2.23. The van der Waals surface area contributed by atoms with Gasteiger partial charge >= 0.3 is 0 Å². The topological polar surface area (TPSA) is 12.5 Å². The maximum atomic E-state index is 5.34. The number of ether oxygens (including phenoxy) is 1. The van der Waals surface area contributed by atoms with Crippen molar-refractivity contribution in [2.45, 2.75) is 6.42 Å². The predicted molar refractivity (Wildman–Crippen MR) is 75.7 cm³/mol. The first-order chi connectivity index (χ1) is 7.67. The highest BCUT2D eigenvalue weighted by molar-refractivity contribution is 9.10. The van der Waals surface area contributed by atoms with Crippen LogP contribution in [-0.2, 0) is 6.42 Å². The largest absolute Gasteiger partial charge is 0.496 e. The molecule has 0 amide bonds. The van der Waals surface area contributed by atoms with Gasteiger partial charge in [0.1, 0.15) is 5.75 Å².